The fourth-order valence-corrected chi connectivity index (χ4v) is 3.94. The highest BCUT2D eigenvalue weighted by Crippen LogP contribution is 2.30. The van der Waals surface area contributed by atoms with Crippen molar-refractivity contribution in [2.45, 2.75) is 12.3 Å². The lowest BCUT2D eigenvalue weighted by molar-refractivity contribution is 0.151. The summed E-state index contributed by atoms with van der Waals surface area (Å²) in [6.07, 6.45) is 2.80. The minimum Gasteiger partial charge on any atom is -0.304 e. The molecular formula is C23H29Cl3FN3. The van der Waals surface area contributed by atoms with Crippen LogP contribution < -0.4 is 0 Å². The molecule has 30 heavy (non-hydrogen) atoms. The van der Waals surface area contributed by atoms with Crippen molar-refractivity contribution in [1.82, 2.24) is 14.8 Å². The summed E-state index contributed by atoms with van der Waals surface area (Å²) < 4.78 is 13.9. The van der Waals surface area contributed by atoms with Crippen molar-refractivity contribution in [3.8, 4) is 0 Å². The Kier molecular flexibility index (Phi) is 11.0. The third-order valence-electron chi connectivity index (χ3n) is 5.61. The Morgan fingerprint density at radius 1 is 0.900 bits per heavy atom. The second-order valence-electron chi connectivity index (χ2n) is 7.50. The van der Waals surface area contributed by atoms with Crippen LogP contribution in [-0.2, 0) is 0 Å². The Balaban J connectivity index is 0.00000150. The summed E-state index contributed by atoms with van der Waals surface area (Å²) in [4.78, 5) is 9.32. The van der Waals surface area contributed by atoms with Gasteiger partial charge in [-0.15, -0.1) is 37.2 Å². The minimum atomic E-state index is -0.167. The lowest BCUT2D eigenvalue weighted by atomic mass is 9.87. The van der Waals surface area contributed by atoms with Gasteiger partial charge in [0.2, 0.25) is 0 Å². The lowest BCUT2D eigenvalue weighted by Crippen LogP contribution is -2.44. The van der Waals surface area contributed by atoms with Gasteiger partial charge < -0.3 is 9.80 Å². The van der Waals surface area contributed by atoms with Gasteiger partial charge >= 0.3 is 0 Å². The third kappa shape index (κ3) is 6.53. The Labute approximate surface area is 196 Å². The number of nitrogens with zero attached hydrogens (tertiary/aromatic N) is 3. The zero-order valence-corrected chi connectivity index (χ0v) is 19.5. The van der Waals surface area contributed by atoms with E-state index in [0.717, 1.165) is 55.6 Å². The Morgan fingerprint density at radius 3 is 2.37 bits per heavy atom. The highest BCUT2D eigenvalue weighted by molar-refractivity contribution is 5.86. The molecule has 0 bridgehead atoms. The van der Waals surface area contributed by atoms with Crippen LogP contribution in [0.15, 0.2) is 60.8 Å². The van der Waals surface area contributed by atoms with Crippen LogP contribution in [0.3, 0.4) is 0 Å². The molecule has 1 aliphatic heterocycles. The van der Waals surface area contributed by atoms with Gasteiger partial charge in [-0.2, -0.15) is 0 Å². The maximum Gasteiger partial charge on any atom is 0.123 e. The second-order valence-corrected chi connectivity index (χ2v) is 7.50. The van der Waals surface area contributed by atoms with Crippen LogP contribution in [0, 0.1) is 5.82 Å². The molecule has 1 fully saturated rings. The minimum absolute atomic E-state index is 0. The van der Waals surface area contributed by atoms with E-state index < -0.39 is 0 Å². The summed E-state index contributed by atoms with van der Waals surface area (Å²) in [5.41, 5.74) is 3.28. The summed E-state index contributed by atoms with van der Waals surface area (Å²) in [6, 6.07) is 17.6. The van der Waals surface area contributed by atoms with Crippen molar-refractivity contribution in [2.75, 3.05) is 39.8 Å². The van der Waals surface area contributed by atoms with Gasteiger partial charge in [0.25, 0.3) is 0 Å². The monoisotopic (exact) mass is 471 g/mol. The molecule has 0 amide bonds. The number of fused-ring (bicyclic) bond motifs is 1. The van der Waals surface area contributed by atoms with Crippen LogP contribution in [0.25, 0.3) is 10.9 Å². The summed E-state index contributed by atoms with van der Waals surface area (Å²) in [5.74, 6) is 0.0181. The Morgan fingerprint density at radius 2 is 1.63 bits per heavy atom. The highest BCUT2D eigenvalue weighted by atomic mass is 35.5. The summed E-state index contributed by atoms with van der Waals surface area (Å²) in [5, 5.41) is 1.14. The highest BCUT2D eigenvalue weighted by Gasteiger charge is 2.19. The normalized spacial score (nSPS) is 15.5. The van der Waals surface area contributed by atoms with E-state index in [1.54, 1.807) is 6.07 Å². The van der Waals surface area contributed by atoms with Gasteiger partial charge in [0.1, 0.15) is 5.82 Å². The first-order chi connectivity index (χ1) is 13.2. The molecule has 4 rings (SSSR count). The molecule has 164 valence electrons. The fourth-order valence-electron chi connectivity index (χ4n) is 3.94. The number of aromatic nitrogens is 1. The van der Waals surface area contributed by atoms with Crippen molar-refractivity contribution in [3.05, 3.63) is 77.7 Å². The van der Waals surface area contributed by atoms with Crippen molar-refractivity contribution in [3.63, 3.8) is 0 Å². The molecule has 0 spiro atoms. The molecule has 1 aliphatic rings. The van der Waals surface area contributed by atoms with Crippen molar-refractivity contribution in [1.29, 1.82) is 0 Å². The Hall–Kier alpha value is -1.43. The molecule has 1 aromatic heterocycles. The van der Waals surface area contributed by atoms with Gasteiger partial charge in [-0.1, -0.05) is 24.3 Å². The van der Waals surface area contributed by atoms with E-state index in [1.807, 2.05) is 24.4 Å². The topological polar surface area (TPSA) is 19.4 Å². The molecule has 1 atom stereocenters. The van der Waals surface area contributed by atoms with Crippen LogP contribution in [0.4, 0.5) is 4.39 Å². The maximum absolute atomic E-state index is 13.9. The van der Waals surface area contributed by atoms with Crippen LogP contribution in [0.2, 0.25) is 0 Å². The van der Waals surface area contributed by atoms with Gasteiger partial charge in [0, 0.05) is 43.7 Å². The molecule has 0 N–H and O–H groups in total. The fraction of sp³-hybridized carbons (Fsp3) is 0.348. The lowest BCUT2D eigenvalue weighted by Gasteiger charge is -2.33. The summed E-state index contributed by atoms with van der Waals surface area (Å²) >= 11 is 0. The van der Waals surface area contributed by atoms with Gasteiger partial charge in [0.05, 0.1) is 5.52 Å². The number of pyridine rings is 1. The van der Waals surface area contributed by atoms with Crippen LogP contribution in [0.1, 0.15) is 23.5 Å². The van der Waals surface area contributed by atoms with E-state index in [1.165, 1.54) is 11.6 Å². The molecule has 3 nitrogen and oxygen atoms in total. The van der Waals surface area contributed by atoms with E-state index in [0.29, 0.717) is 0 Å². The molecule has 1 saturated heterocycles. The molecule has 0 radical (unpaired) electrons. The third-order valence-corrected chi connectivity index (χ3v) is 5.61. The zero-order valence-electron chi connectivity index (χ0n) is 17.0. The predicted molar refractivity (Wildman–Crippen MR) is 130 cm³/mol. The van der Waals surface area contributed by atoms with Gasteiger partial charge in [-0.05, 0) is 61.5 Å². The molecule has 3 aromatic rings. The number of hydrogen-bond donors (Lipinski definition) is 0. The van der Waals surface area contributed by atoms with E-state index in [9.17, 15) is 4.39 Å². The quantitative estimate of drug-likeness (QED) is 0.495. The summed E-state index contributed by atoms with van der Waals surface area (Å²) in [7, 11) is 2.18. The molecule has 2 aromatic carbocycles. The summed E-state index contributed by atoms with van der Waals surface area (Å²) in [6.45, 7) is 5.47. The molecule has 7 heteroatoms. The number of halogens is 4. The van der Waals surface area contributed by atoms with Crippen molar-refractivity contribution < 1.29 is 4.39 Å². The van der Waals surface area contributed by atoms with Crippen LogP contribution >= 0.6 is 37.2 Å². The average Bonchev–Trinajstić information content (AvgIpc) is 2.69. The second kappa shape index (κ2) is 12.4. The largest absolute Gasteiger partial charge is 0.304 e. The smallest absolute Gasteiger partial charge is 0.123 e. The average molecular weight is 473 g/mol. The van der Waals surface area contributed by atoms with E-state index in [-0.39, 0.29) is 49.0 Å². The van der Waals surface area contributed by atoms with Crippen molar-refractivity contribution >= 4 is 48.1 Å². The first kappa shape index (κ1) is 26.6. The SMILES string of the molecule is CN1CCN(CCC(c2cccc(F)c2)c2ccc3ncccc3c2)CC1.Cl.Cl.Cl. The number of benzene rings is 2. The van der Waals surface area contributed by atoms with Crippen LogP contribution in [0.5, 0.6) is 0 Å². The van der Waals surface area contributed by atoms with Crippen LogP contribution in [-0.4, -0.2) is 54.6 Å². The number of hydrogen-bond acceptors (Lipinski definition) is 3. The first-order valence-corrected chi connectivity index (χ1v) is 9.70. The van der Waals surface area contributed by atoms with Gasteiger partial charge in [0.15, 0.2) is 0 Å². The van der Waals surface area contributed by atoms with Gasteiger partial charge in [-0.3, -0.25) is 4.98 Å². The zero-order chi connectivity index (χ0) is 18.6. The maximum atomic E-state index is 13.9. The van der Waals surface area contributed by atoms with Gasteiger partial charge in [-0.25, -0.2) is 4.39 Å². The molecule has 1 unspecified atom stereocenters. The molecule has 2 heterocycles. The van der Waals surface area contributed by atoms with Crippen molar-refractivity contribution in [2.24, 2.45) is 0 Å². The molecule has 0 aliphatic carbocycles. The first-order valence-electron chi connectivity index (χ1n) is 9.70. The Bertz CT molecular complexity index is 917. The predicted octanol–water partition coefficient (Wildman–Crippen LogP) is 5.41. The molecular weight excluding hydrogens is 444 g/mol. The number of piperazine rings is 1. The standard InChI is InChI=1S/C23H26FN3.3ClH/c1-26-12-14-27(15-13-26)11-9-22(18-4-2-6-21(24)17-18)19-7-8-23-20(16-19)5-3-10-25-23;;;/h2-8,10,16-17,22H,9,11-15H2,1H3;3*1H. The number of rotatable bonds is 5. The van der Waals surface area contributed by atoms with E-state index in [4.69, 9.17) is 0 Å². The van der Waals surface area contributed by atoms with E-state index >= 15 is 0 Å². The van der Waals surface area contributed by atoms with E-state index in [2.05, 4.69) is 46.1 Å². The number of likely N-dealkylation sites (N-methyl/N-ethyl adjacent to an activating group) is 1. The molecule has 0 saturated carbocycles.